The van der Waals surface area contributed by atoms with Gasteiger partial charge in [-0.15, -0.1) is 11.6 Å². The van der Waals surface area contributed by atoms with Gasteiger partial charge in [-0.2, -0.15) is 0 Å². The molecule has 0 rings (SSSR count). The molecule has 106 valence electrons. The summed E-state index contributed by atoms with van der Waals surface area (Å²) >= 11 is 5.42. The van der Waals surface area contributed by atoms with Crippen molar-refractivity contribution in [2.75, 3.05) is 46.4 Å². The Bertz CT molecular complexity index is 251. The first kappa shape index (κ1) is 17.2. The lowest BCUT2D eigenvalue weighted by molar-refractivity contribution is -0.119. The number of rotatable bonds is 9. The second-order valence-electron chi connectivity index (χ2n) is 3.62. The molecule has 0 atom stereocenters. The zero-order valence-corrected chi connectivity index (χ0v) is 11.7. The first-order chi connectivity index (χ1) is 8.65. The van der Waals surface area contributed by atoms with E-state index in [0.29, 0.717) is 32.7 Å². The predicted octanol–water partition coefficient (Wildman–Crippen LogP) is 0.836. The molecule has 0 fully saturated rings. The molecule has 0 bridgehead atoms. The van der Waals surface area contributed by atoms with Crippen LogP contribution in [0.3, 0.4) is 0 Å². The Balaban J connectivity index is 4.16. The standard InChI is InChI=1S/C11H21ClN2O4/c1-17-8-3-6-14(7-9-18-2)11(16)13-10(15)4-5-12/h3-9H2,1-2H3,(H,13,15,16). The maximum Gasteiger partial charge on any atom is 0.324 e. The fraction of sp³-hybridized carbons (Fsp3) is 0.818. The fourth-order valence-corrected chi connectivity index (χ4v) is 1.43. The van der Waals surface area contributed by atoms with Crippen molar-refractivity contribution < 1.29 is 19.1 Å². The normalized spacial score (nSPS) is 10.2. The van der Waals surface area contributed by atoms with E-state index in [4.69, 9.17) is 21.1 Å². The quantitative estimate of drug-likeness (QED) is 0.502. The van der Waals surface area contributed by atoms with Crippen LogP contribution in [-0.4, -0.2) is 63.2 Å². The topological polar surface area (TPSA) is 67.9 Å². The Morgan fingerprint density at radius 2 is 1.83 bits per heavy atom. The highest BCUT2D eigenvalue weighted by molar-refractivity contribution is 6.19. The molecular weight excluding hydrogens is 260 g/mol. The van der Waals surface area contributed by atoms with E-state index in [2.05, 4.69) is 5.32 Å². The van der Waals surface area contributed by atoms with E-state index in [1.807, 2.05) is 0 Å². The minimum absolute atomic E-state index is 0.128. The van der Waals surface area contributed by atoms with Crippen molar-refractivity contribution in [2.45, 2.75) is 12.8 Å². The van der Waals surface area contributed by atoms with Crippen LogP contribution in [0.1, 0.15) is 12.8 Å². The zero-order chi connectivity index (χ0) is 13.8. The van der Waals surface area contributed by atoms with E-state index in [9.17, 15) is 9.59 Å². The summed E-state index contributed by atoms with van der Waals surface area (Å²) in [5.74, 6) is -0.176. The van der Waals surface area contributed by atoms with Gasteiger partial charge in [-0.1, -0.05) is 0 Å². The van der Waals surface area contributed by atoms with Crippen LogP contribution in [0, 0.1) is 0 Å². The van der Waals surface area contributed by atoms with E-state index in [-0.39, 0.29) is 18.2 Å². The summed E-state index contributed by atoms with van der Waals surface area (Å²) in [6, 6.07) is -0.418. The number of alkyl halides is 1. The molecule has 3 amide bonds. The van der Waals surface area contributed by atoms with Gasteiger partial charge in [-0.25, -0.2) is 4.79 Å². The van der Waals surface area contributed by atoms with Gasteiger partial charge in [0.25, 0.3) is 0 Å². The zero-order valence-electron chi connectivity index (χ0n) is 10.9. The van der Waals surface area contributed by atoms with Gasteiger partial charge in [0.05, 0.1) is 6.61 Å². The molecule has 0 aromatic rings. The van der Waals surface area contributed by atoms with Gasteiger partial charge in [-0.3, -0.25) is 10.1 Å². The number of imide groups is 1. The van der Waals surface area contributed by atoms with E-state index < -0.39 is 6.03 Å². The summed E-state index contributed by atoms with van der Waals surface area (Å²) in [7, 11) is 3.16. The van der Waals surface area contributed by atoms with Crippen molar-refractivity contribution >= 4 is 23.5 Å². The van der Waals surface area contributed by atoms with Crippen LogP contribution in [0.5, 0.6) is 0 Å². The number of halogens is 1. The van der Waals surface area contributed by atoms with Gasteiger partial charge in [0.1, 0.15) is 0 Å². The van der Waals surface area contributed by atoms with Gasteiger partial charge in [0, 0.05) is 46.2 Å². The van der Waals surface area contributed by atoms with Gasteiger partial charge in [0.15, 0.2) is 0 Å². The smallest absolute Gasteiger partial charge is 0.324 e. The number of carbonyl (C=O) groups is 2. The van der Waals surface area contributed by atoms with Gasteiger partial charge in [0.2, 0.25) is 5.91 Å². The molecule has 18 heavy (non-hydrogen) atoms. The number of nitrogens with zero attached hydrogens (tertiary/aromatic N) is 1. The predicted molar refractivity (Wildman–Crippen MR) is 68.8 cm³/mol. The van der Waals surface area contributed by atoms with E-state index in [1.54, 1.807) is 14.2 Å². The number of urea groups is 1. The van der Waals surface area contributed by atoms with Crippen LogP contribution in [0.25, 0.3) is 0 Å². The Labute approximate surface area is 113 Å². The van der Waals surface area contributed by atoms with Crippen LogP contribution in [0.15, 0.2) is 0 Å². The van der Waals surface area contributed by atoms with Crippen molar-refractivity contribution in [2.24, 2.45) is 0 Å². The second kappa shape index (κ2) is 11.3. The number of methoxy groups -OCH3 is 2. The number of carbonyl (C=O) groups excluding carboxylic acids is 2. The van der Waals surface area contributed by atoms with Crippen molar-refractivity contribution in [3.8, 4) is 0 Å². The molecule has 0 aliphatic rings. The fourth-order valence-electron chi connectivity index (χ4n) is 1.26. The molecule has 0 unspecified atom stereocenters. The molecule has 0 aliphatic heterocycles. The number of hydrogen-bond acceptors (Lipinski definition) is 4. The lowest BCUT2D eigenvalue weighted by Gasteiger charge is -2.22. The Hall–Kier alpha value is -0.850. The lowest BCUT2D eigenvalue weighted by Crippen LogP contribution is -2.44. The summed E-state index contributed by atoms with van der Waals surface area (Å²) in [5.41, 5.74) is 0. The summed E-state index contributed by atoms with van der Waals surface area (Å²) < 4.78 is 9.84. The largest absolute Gasteiger partial charge is 0.385 e. The molecule has 0 aromatic carbocycles. The number of hydrogen-bond donors (Lipinski definition) is 1. The Morgan fingerprint density at radius 3 is 2.39 bits per heavy atom. The summed E-state index contributed by atoms with van der Waals surface area (Å²) in [5, 5.41) is 2.28. The average molecular weight is 281 g/mol. The molecular formula is C11H21ClN2O4. The van der Waals surface area contributed by atoms with Gasteiger partial charge in [-0.05, 0) is 6.42 Å². The van der Waals surface area contributed by atoms with Crippen molar-refractivity contribution in [1.29, 1.82) is 0 Å². The van der Waals surface area contributed by atoms with Crippen LogP contribution >= 0.6 is 11.6 Å². The molecule has 6 nitrogen and oxygen atoms in total. The van der Waals surface area contributed by atoms with E-state index in [1.165, 1.54) is 4.90 Å². The van der Waals surface area contributed by atoms with Crippen LogP contribution < -0.4 is 5.32 Å². The van der Waals surface area contributed by atoms with Gasteiger partial charge >= 0.3 is 6.03 Å². The lowest BCUT2D eigenvalue weighted by atomic mass is 10.4. The number of ether oxygens (including phenoxy) is 2. The Morgan fingerprint density at radius 1 is 1.17 bits per heavy atom. The molecule has 0 spiro atoms. The molecule has 1 N–H and O–H groups in total. The maximum absolute atomic E-state index is 11.8. The van der Waals surface area contributed by atoms with Crippen molar-refractivity contribution in [3.63, 3.8) is 0 Å². The summed E-state index contributed by atoms with van der Waals surface area (Å²) in [6.45, 7) is 1.92. The molecule has 0 heterocycles. The second-order valence-corrected chi connectivity index (χ2v) is 4.00. The highest BCUT2D eigenvalue weighted by atomic mass is 35.5. The van der Waals surface area contributed by atoms with Crippen molar-refractivity contribution in [3.05, 3.63) is 0 Å². The van der Waals surface area contributed by atoms with E-state index in [0.717, 1.165) is 0 Å². The highest BCUT2D eigenvalue weighted by Crippen LogP contribution is 1.95. The van der Waals surface area contributed by atoms with Crippen LogP contribution in [0.4, 0.5) is 4.79 Å². The molecule has 0 saturated carbocycles. The summed E-state index contributed by atoms with van der Waals surface area (Å²) in [6.07, 6.45) is 0.834. The third kappa shape index (κ3) is 8.27. The molecule has 0 aliphatic carbocycles. The first-order valence-corrected chi connectivity index (χ1v) is 6.31. The van der Waals surface area contributed by atoms with Crippen LogP contribution in [-0.2, 0) is 14.3 Å². The number of amides is 3. The number of nitrogens with one attached hydrogen (secondary N) is 1. The van der Waals surface area contributed by atoms with Crippen LogP contribution in [0.2, 0.25) is 0 Å². The maximum atomic E-state index is 11.8. The third-order valence-corrected chi connectivity index (χ3v) is 2.39. The Kier molecular flexibility index (Phi) is 10.7. The minimum Gasteiger partial charge on any atom is -0.385 e. The highest BCUT2D eigenvalue weighted by Gasteiger charge is 2.15. The molecule has 0 aromatic heterocycles. The monoisotopic (exact) mass is 280 g/mol. The molecule has 0 radical (unpaired) electrons. The SMILES string of the molecule is COCCCN(CCOC)C(=O)NC(=O)CCCl. The van der Waals surface area contributed by atoms with Gasteiger partial charge < -0.3 is 14.4 Å². The molecule has 7 heteroatoms. The minimum atomic E-state index is -0.418. The molecule has 0 saturated heterocycles. The van der Waals surface area contributed by atoms with Crippen molar-refractivity contribution in [1.82, 2.24) is 10.2 Å². The first-order valence-electron chi connectivity index (χ1n) is 5.78. The summed E-state index contributed by atoms with van der Waals surface area (Å²) in [4.78, 5) is 24.6. The third-order valence-electron chi connectivity index (χ3n) is 2.20. The average Bonchev–Trinajstić information content (AvgIpc) is 2.33. The van der Waals surface area contributed by atoms with E-state index >= 15 is 0 Å².